The van der Waals surface area contributed by atoms with Crippen LogP contribution in [0.15, 0.2) is 22.7 Å². The molecular weight excluding hydrogens is 222 g/mol. The number of hydrogen-bond acceptors (Lipinski definition) is 5. The molecule has 1 heterocycles. The molecule has 0 atom stereocenters. The van der Waals surface area contributed by atoms with Gasteiger partial charge in [0.15, 0.2) is 0 Å². The lowest BCUT2D eigenvalue weighted by Crippen LogP contribution is -1.93. The highest BCUT2D eigenvalue weighted by molar-refractivity contribution is 5.69. The van der Waals surface area contributed by atoms with Crippen molar-refractivity contribution in [2.24, 2.45) is 0 Å². The molecule has 0 spiro atoms. The van der Waals surface area contributed by atoms with Gasteiger partial charge >= 0.3 is 0 Å². The Balaban J connectivity index is 2.58. The molecule has 17 heavy (non-hydrogen) atoms. The standard InChI is InChI=1S/C11H11N3O3/c1-6-3-4-8(5-9(6)14(15)16)10-7(2)11(12)17-13-10/h3-5H,12H2,1-2H3. The largest absolute Gasteiger partial charge is 0.367 e. The van der Waals surface area contributed by atoms with Crippen LogP contribution >= 0.6 is 0 Å². The molecular formula is C11H11N3O3. The van der Waals surface area contributed by atoms with Crippen LogP contribution in [0.25, 0.3) is 11.3 Å². The summed E-state index contributed by atoms with van der Waals surface area (Å²) in [6.07, 6.45) is 0. The maximum Gasteiger partial charge on any atom is 0.272 e. The Morgan fingerprint density at radius 3 is 2.65 bits per heavy atom. The maximum atomic E-state index is 10.8. The van der Waals surface area contributed by atoms with Crippen LogP contribution in [-0.4, -0.2) is 10.1 Å². The van der Waals surface area contributed by atoms with Crippen molar-refractivity contribution in [3.05, 3.63) is 39.4 Å². The number of nitrogens with two attached hydrogens (primary N) is 1. The van der Waals surface area contributed by atoms with E-state index < -0.39 is 4.92 Å². The Morgan fingerprint density at radius 1 is 1.41 bits per heavy atom. The highest BCUT2D eigenvalue weighted by atomic mass is 16.6. The first-order valence-electron chi connectivity index (χ1n) is 4.98. The van der Waals surface area contributed by atoms with Crippen molar-refractivity contribution in [2.75, 3.05) is 5.73 Å². The van der Waals surface area contributed by atoms with Crippen molar-refractivity contribution in [2.45, 2.75) is 13.8 Å². The van der Waals surface area contributed by atoms with Crippen LogP contribution in [0.5, 0.6) is 0 Å². The predicted molar refractivity (Wildman–Crippen MR) is 62.5 cm³/mol. The van der Waals surface area contributed by atoms with Gasteiger partial charge in [-0.3, -0.25) is 10.1 Å². The molecule has 1 aromatic heterocycles. The monoisotopic (exact) mass is 233 g/mol. The van der Waals surface area contributed by atoms with Gasteiger partial charge in [0.2, 0.25) is 5.88 Å². The molecule has 1 aromatic carbocycles. The van der Waals surface area contributed by atoms with Crippen LogP contribution < -0.4 is 5.73 Å². The molecule has 6 nitrogen and oxygen atoms in total. The lowest BCUT2D eigenvalue weighted by molar-refractivity contribution is -0.385. The minimum absolute atomic E-state index is 0.0588. The summed E-state index contributed by atoms with van der Waals surface area (Å²) in [7, 11) is 0. The van der Waals surface area contributed by atoms with Gasteiger partial charge < -0.3 is 10.3 Å². The number of aryl methyl sites for hydroxylation is 1. The first-order chi connectivity index (χ1) is 8.00. The minimum Gasteiger partial charge on any atom is -0.367 e. The van der Waals surface area contributed by atoms with Gasteiger partial charge in [0.1, 0.15) is 5.69 Å². The second kappa shape index (κ2) is 3.89. The number of nitro groups is 1. The molecule has 0 aliphatic heterocycles. The van der Waals surface area contributed by atoms with Crippen LogP contribution in [-0.2, 0) is 0 Å². The van der Waals surface area contributed by atoms with Crippen molar-refractivity contribution in [3.63, 3.8) is 0 Å². The lowest BCUT2D eigenvalue weighted by Gasteiger charge is -2.00. The molecule has 2 aromatic rings. The molecule has 0 radical (unpaired) electrons. The average Bonchev–Trinajstić information content (AvgIpc) is 2.60. The van der Waals surface area contributed by atoms with E-state index in [2.05, 4.69) is 5.16 Å². The minimum atomic E-state index is -0.419. The number of benzene rings is 1. The van der Waals surface area contributed by atoms with Gasteiger partial charge in [0.25, 0.3) is 5.69 Å². The summed E-state index contributed by atoms with van der Waals surface area (Å²) in [5.74, 6) is 0.225. The summed E-state index contributed by atoms with van der Waals surface area (Å²) >= 11 is 0. The van der Waals surface area contributed by atoms with Crippen molar-refractivity contribution < 1.29 is 9.45 Å². The molecule has 2 N–H and O–H groups in total. The molecule has 0 amide bonds. The van der Waals surface area contributed by atoms with Gasteiger partial charge in [-0.15, -0.1) is 0 Å². The Bertz CT molecular complexity index is 590. The van der Waals surface area contributed by atoms with Gasteiger partial charge in [-0.05, 0) is 13.8 Å². The summed E-state index contributed by atoms with van der Waals surface area (Å²) < 4.78 is 4.84. The van der Waals surface area contributed by atoms with Crippen LogP contribution in [0.3, 0.4) is 0 Å². The van der Waals surface area contributed by atoms with E-state index in [1.54, 1.807) is 26.0 Å². The highest BCUT2D eigenvalue weighted by Crippen LogP contribution is 2.30. The summed E-state index contributed by atoms with van der Waals surface area (Å²) in [5.41, 5.74) is 8.05. The van der Waals surface area contributed by atoms with Crippen molar-refractivity contribution >= 4 is 11.6 Å². The molecule has 88 valence electrons. The van der Waals surface area contributed by atoms with Gasteiger partial charge in [0, 0.05) is 22.8 Å². The molecule has 0 aliphatic rings. The number of aromatic nitrogens is 1. The fourth-order valence-corrected chi connectivity index (χ4v) is 1.57. The van der Waals surface area contributed by atoms with Gasteiger partial charge in [-0.2, -0.15) is 0 Å². The van der Waals surface area contributed by atoms with Gasteiger partial charge in [-0.25, -0.2) is 0 Å². The number of rotatable bonds is 2. The number of hydrogen-bond donors (Lipinski definition) is 1. The number of nitro benzene ring substituents is 1. The number of nitrogens with zero attached hydrogens (tertiary/aromatic N) is 2. The average molecular weight is 233 g/mol. The number of nitrogen functional groups attached to an aromatic ring is 1. The summed E-state index contributed by atoms with van der Waals surface area (Å²) in [4.78, 5) is 10.4. The van der Waals surface area contributed by atoms with Crippen molar-refractivity contribution in [3.8, 4) is 11.3 Å². The Hall–Kier alpha value is -2.37. The van der Waals surface area contributed by atoms with Gasteiger partial charge in [0.05, 0.1) is 4.92 Å². The second-order valence-corrected chi connectivity index (χ2v) is 3.78. The smallest absolute Gasteiger partial charge is 0.272 e. The second-order valence-electron chi connectivity index (χ2n) is 3.78. The molecule has 0 fully saturated rings. The third-order valence-corrected chi connectivity index (χ3v) is 2.64. The fraction of sp³-hybridized carbons (Fsp3) is 0.182. The normalized spacial score (nSPS) is 10.5. The zero-order valence-electron chi connectivity index (χ0n) is 9.43. The van der Waals surface area contributed by atoms with E-state index in [0.717, 1.165) is 0 Å². The van der Waals surface area contributed by atoms with E-state index in [0.29, 0.717) is 22.4 Å². The van der Waals surface area contributed by atoms with Crippen LogP contribution in [0.1, 0.15) is 11.1 Å². The SMILES string of the molecule is Cc1ccc(-c2noc(N)c2C)cc1[N+](=O)[O-]. The predicted octanol–water partition coefficient (Wildman–Crippen LogP) is 2.45. The van der Waals surface area contributed by atoms with E-state index >= 15 is 0 Å². The third kappa shape index (κ3) is 1.84. The maximum absolute atomic E-state index is 10.8. The first kappa shape index (κ1) is 11.1. The summed E-state index contributed by atoms with van der Waals surface area (Å²) in [5, 5.41) is 14.6. The molecule has 0 saturated heterocycles. The summed E-state index contributed by atoms with van der Waals surface area (Å²) in [6.45, 7) is 3.44. The zero-order valence-corrected chi connectivity index (χ0v) is 9.43. The zero-order chi connectivity index (χ0) is 12.6. The quantitative estimate of drug-likeness (QED) is 0.634. The van der Waals surface area contributed by atoms with Crippen molar-refractivity contribution in [1.29, 1.82) is 0 Å². The van der Waals surface area contributed by atoms with E-state index in [9.17, 15) is 10.1 Å². The molecule has 6 heteroatoms. The Labute approximate surface area is 97.2 Å². The van der Waals surface area contributed by atoms with Crippen LogP contribution in [0.2, 0.25) is 0 Å². The topological polar surface area (TPSA) is 95.2 Å². The highest BCUT2D eigenvalue weighted by Gasteiger charge is 2.16. The van der Waals surface area contributed by atoms with E-state index in [1.807, 2.05) is 0 Å². The third-order valence-electron chi connectivity index (χ3n) is 2.64. The molecule has 0 aliphatic carbocycles. The molecule has 2 rings (SSSR count). The molecule has 0 unspecified atom stereocenters. The number of anilines is 1. The van der Waals surface area contributed by atoms with Crippen LogP contribution in [0.4, 0.5) is 11.6 Å². The fourth-order valence-electron chi connectivity index (χ4n) is 1.57. The van der Waals surface area contributed by atoms with E-state index in [1.165, 1.54) is 6.07 Å². The van der Waals surface area contributed by atoms with E-state index in [-0.39, 0.29) is 11.6 Å². The summed E-state index contributed by atoms with van der Waals surface area (Å²) in [6, 6.07) is 4.91. The Morgan fingerprint density at radius 2 is 2.12 bits per heavy atom. The van der Waals surface area contributed by atoms with Crippen molar-refractivity contribution in [1.82, 2.24) is 5.16 Å². The Kier molecular flexibility index (Phi) is 2.55. The van der Waals surface area contributed by atoms with Gasteiger partial charge in [-0.1, -0.05) is 17.3 Å². The molecule has 0 bridgehead atoms. The lowest BCUT2D eigenvalue weighted by atomic mass is 10.1. The first-order valence-corrected chi connectivity index (χ1v) is 4.98. The van der Waals surface area contributed by atoms with Crippen LogP contribution in [0, 0.1) is 24.0 Å². The molecule has 0 saturated carbocycles. The van der Waals surface area contributed by atoms with E-state index in [4.69, 9.17) is 10.3 Å².